The fraction of sp³-hybridized carbons (Fsp3) is 0.519. The Morgan fingerprint density at radius 3 is 1.94 bits per heavy atom. The minimum Gasteiger partial charge on any atom is -0.465 e. The third-order valence-corrected chi connectivity index (χ3v) is 11.8. The van der Waals surface area contributed by atoms with Gasteiger partial charge in [0.25, 0.3) is 8.32 Å². The van der Waals surface area contributed by atoms with Crippen molar-refractivity contribution in [3.8, 4) is 0 Å². The number of carbonyl (C=O) groups is 1. The number of piperazine rings is 1. The average molecular weight is 469 g/mol. The van der Waals surface area contributed by atoms with Gasteiger partial charge in [0.05, 0.1) is 6.04 Å². The van der Waals surface area contributed by atoms with E-state index in [4.69, 9.17) is 4.43 Å². The van der Waals surface area contributed by atoms with E-state index in [0.29, 0.717) is 19.7 Å². The topological polar surface area (TPSA) is 61.8 Å². The van der Waals surface area contributed by atoms with Crippen molar-refractivity contribution in [2.75, 3.05) is 19.7 Å². The Kier molecular flexibility index (Phi) is 7.71. The summed E-state index contributed by atoms with van der Waals surface area (Å²) in [6.07, 6.45) is -0.0785. The lowest BCUT2D eigenvalue weighted by atomic mass is 9.79. The lowest BCUT2D eigenvalue weighted by molar-refractivity contribution is 0.0352. The van der Waals surface area contributed by atoms with Crippen LogP contribution >= 0.6 is 0 Å². The first-order chi connectivity index (χ1) is 15.5. The van der Waals surface area contributed by atoms with E-state index >= 15 is 0 Å². The second-order valence-electron chi connectivity index (χ2n) is 11.1. The van der Waals surface area contributed by atoms with Crippen LogP contribution in [0.2, 0.25) is 5.04 Å². The van der Waals surface area contributed by atoms with Crippen molar-refractivity contribution >= 4 is 24.8 Å². The molecule has 2 unspecified atom stereocenters. The van der Waals surface area contributed by atoms with Crippen molar-refractivity contribution in [1.82, 2.24) is 10.2 Å². The molecule has 1 aliphatic heterocycles. The highest BCUT2D eigenvalue weighted by Crippen LogP contribution is 2.37. The summed E-state index contributed by atoms with van der Waals surface area (Å²) in [5, 5.41) is 15.9. The molecule has 33 heavy (non-hydrogen) atoms. The summed E-state index contributed by atoms with van der Waals surface area (Å²) in [4.78, 5) is 13.6. The number of hydrogen-bond donors (Lipinski definition) is 2. The maximum Gasteiger partial charge on any atom is 0.407 e. The van der Waals surface area contributed by atoms with Gasteiger partial charge >= 0.3 is 6.09 Å². The first kappa shape index (κ1) is 25.5. The molecule has 0 saturated carbocycles. The summed E-state index contributed by atoms with van der Waals surface area (Å²) < 4.78 is 7.06. The number of nitrogens with one attached hydrogen (secondary N) is 1. The summed E-state index contributed by atoms with van der Waals surface area (Å²) in [6, 6.07) is 21.2. The molecule has 1 heterocycles. The Bertz CT molecular complexity index is 867. The van der Waals surface area contributed by atoms with Crippen LogP contribution in [0.3, 0.4) is 0 Å². The SMILES string of the molecule is CC(C)(C)C1C(CCO[Si](c2ccccc2)(c2ccccc2)C(C)(C)C)NCCN1C(=O)O. The van der Waals surface area contributed by atoms with Gasteiger partial charge in [0.15, 0.2) is 0 Å². The van der Waals surface area contributed by atoms with Gasteiger partial charge < -0.3 is 19.7 Å². The van der Waals surface area contributed by atoms with Gasteiger partial charge in [-0.05, 0) is 27.2 Å². The van der Waals surface area contributed by atoms with Gasteiger partial charge in [-0.25, -0.2) is 4.79 Å². The smallest absolute Gasteiger partial charge is 0.407 e. The molecule has 3 rings (SSSR count). The van der Waals surface area contributed by atoms with E-state index in [1.807, 2.05) is 0 Å². The van der Waals surface area contributed by atoms with Crippen LogP contribution in [-0.2, 0) is 4.43 Å². The van der Waals surface area contributed by atoms with Crippen LogP contribution in [0.5, 0.6) is 0 Å². The van der Waals surface area contributed by atoms with E-state index in [-0.39, 0.29) is 22.5 Å². The summed E-state index contributed by atoms with van der Waals surface area (Å²) in [5.41, 5.74) is -0.173. The molecule has 0 spiro atoms. The van der Waals surface area contributed by atoms with E-state index in [1.165, 1.54) is 10.4 Å². The van der Waals surface area contributed by atoms with Crippen molar-refractivity contribution in [3.63, 3.8) is 0 Å². The van der Waals surface area contributed by atoms with Crippen molar-refractivity contribution in [2.24, 2.45) is 5.41 Å². The molecule has 0 aliphatic carbocycles. The number of carboxylic acid groups (broad SMARTS) is 1. The second kappa shape index (κ2) is 10.00. The molecular weight excluding hydrogens is 428 g/mol. The first-order valence-corrected chi connectivity index (χ1v) is 13.9. The van der Waals surface area contributed by atoms with E-state index in [2.05, 4.69) is 108 Å². The highest BCUT2D eigenvalue weighted by atomic mass is 28.4. The molecule has 6 heteroatoms. The molecular formula is C27H40N2O3Si. The zero-order valence-electron chi connectivity index (χ0n) is 21.0. The molecule has 1 aliphatic rings. The molecule has 180 valence electrons. The van der Waals surface area contributed by atoms with E-state index in [1.54, 1.807) is 4.90 Å². The van der Waals surface area contributed by atoms with Crippen molar-refractivity contribution in [1.29, 1.82) is 0 Å². The molecule has 2 atom stereocenters. The maximum atomic E-state index is 12.0. The van der Waals surface area contributed by atoms with E-state index in [9.17, 15) is 9.90 Å². The quantitative estimate of drug-likeness (QED) is 0.620. The van der Waals surface area contributed by atoms with Crippen molar-refractivity contribution in [2.45, 2.75) is 65.1 Å². The summed E-state index contributed by atoms with van der Waals surface area (Å²) in [6.45, 7) is 15.0. The van der Waals surface area contributed by atoms with Gasteiger partial charge in [0.2, 0.25) is 0 Å². The minimum absolute atomic E-state index is 0.0491. The Morgan fingerprint density at radius 2 is 1.52 bits per heavy atom. The number of benzene rings is 2. The van der Waals surface area contributed by atoms with Gasteiger partial charge in [0.1, 0.15) is 0 Å². The van der Waals surface area contributed by atoms with Crippen LogP contribution in [0.4, 0.5) is 4.79 Å². The van der Waals surface area contributed by atoms with Crippen molar-refractivity contribution < 1.29 is 14.3 Å². The van der Waals surface area contributed by atoms with Gasteiger partial charge in [-0.1, -0.05) is 102 Å². The predicted molar refractivity (Wildman–Crippen MR) is 138 cm³/mol. The maximum absolute atomic E-state index is 12.0. The predicted octanol–water partition coefficient (Wildman–Crippen LogP) is 4.32. The summed E-state index contributed by atoms with van der Waals surface area (Å²) >= 11 is 0. The Hall–Kier alpha value is -2.15. The molecule has 1 amide bonds. The Balaban J connectivity index is 1.93. The standard InChI is InChI=1S/C27H40N2O3Si/c1-26(2,3)24-23(28-18-19-29(24)25(30)31)17-20-32-33(27(4,5)6,21-13-9-7-10-14-21)22-15-11-8-12-16-22/h7-16,23-24,28H,17-20H2,1-6H3,(H,30,31). The summed E-state index contributed by atoms with van der Waals surface area (Å²) in [5.74, 6) is 0. The third-order valence-electron chi connectivity index (χ3n) is 6.77. The first-order valence-electron chi connectivity index (χ1n) is 12.0. The van der Waals surface area contributed by atoms with Crippen LogP contribution in [0.25, 0.3) is 0 Å². The number of nitrogens with zero attached hydrogens (tertiary/aromatic N) is 1. The fourth-order valence-electron chi connectivity index (χ4n) is 5.48. The number of hydrogen-bond acceptors (Lipinski definition) is 3. The lowest BCUT2D eigenvalue weighted by Gasteiger charge is -2.48. The molecule has 0 radical (unpaired) electrons. The van der Waals surface area contributed by atoms with Gasteiger partial charge in [0, 0.05) is 25.7 Å². The highest BCUT2D eigenvalue weighted by Gasteiger charge is 2.50. The molecule has 1 saturated heterocycles. The molecule has 1 fully saturated rings. The zero-order chi connectivity index (χ0) is 24.3. The van der Waals surface area contributed by atoms with Crippen LogP contribution in [0.15, 0.2) is 60.7 Å². The molecule has 0 aromatic heterocycles. The number of rotatable bonds is 6. The molecule has 5 nitrogen and oxygen atoms in total. The van der Waals surface area contributed by atoms with E-state index in [0.717, 1.165) is 6.42 Å². The summed E-state index contributed by atoms with van der Waals surface area (Å²) in [7, 11) is -2.60. The lowest BCUT2D eigenvalue weighted by Crippen LogP contribution is -2.67. The Labute approximate surface area is 200 Å². The van der Waals surface area contributed by atoms with Crippen LogP contribution in [0, 0.1) is 5.41 Å². The molecule has 0 bridgehead atoms. The van der Waals surface area contributed by atoms with Gasteiger partial charge in [-0.2, -0.15) is 0 Å². The molecule has 2 aromatic rings. The van der Waals surface area contributed by atoms with Crippen LogP contribution < -0.4 is 15.7 Å². The highest BCUT2D eigenvalue weighted by molar-refractivity contribution is 6.99. The molecule has 2 N–H and O–H groups in total. The second-order valence-corrected chi connectivity index (χ2v) is 15.5. The zero-order valence-corrected chi connectivity index (χ0v) is 22.0. The van der Waals surface area contributed by atoms with Crippen molar-refractivity contribution in [3.05, 3.63) is 60.7 Å². The van der Waals surface area contributed by atoms with Crippen LogP contribution in [-0.4, -0.2) is 56.2 Å². The van der Waals surface area contributed by atoms with Gasteiger partial charge in [-0.15, -0.1) is 0 Å². The van der Waals surface area contributed by atoms with Crippen LogP contribution in [0.1, 0.15) is 48.0 Å². The number of amides is 1. The Morgan fingerprint density at radius 1 is 1.00 bits per heavy atom. The minimum atomic E-state index is -2.60. The fourth-order valence-corrected chi connectivity index (χ4v) is 10.1. The monoisotopic (exact) mass is 468 g/mol. The largest absolute Gasteiger partial charge is 0.465 e. The van der Waals surface area contributed by atoms with Gasteiger partial charge in [-0.3, -0.25) is 0 Å². The average Bonchev–Trinajstić information content (AvgIpc) is 2.76. The molecule has 2 aromatic carbocycles. The third kappa shape index (κ3) is 5.34. The normalized spacial score (nSPS) is 20.0. The van der Waals surface area contributed by atoms with E-state index < -0.39 is 14.4 Å².